The Balaban J connectivity index is 1.38. The Morgan fingerprint density at radius 3 is 2.69 bits per heavy atom. The van der Waals surface area contributed by atoms with Crippen LogP contribution in [0.5, 0.6) is 11.5 Å². The third-order valence-corrected chi connectivity index (χ3v) is 8.64. The number of ether oxygens (including phenoxy) is 5. The Bertz CT molecular complexity index is 1500. The highest BCUT2D eigenvalue weighted by molar-refractivity contribution is 6.06. The molecule has 3 aliphatic rings. The summed E-state index contributed by atoms with van der Waals surface area (Å²) in [6, 6.07) is 2.75. The number of aryl methyl sites for hydroxylation is 1. The quantitative estimate of drug-likeness (QED) is 0.179. The Morgan fingerprint density at radius 1 is 1.15 bits per heavy atom. The van der Waals surface area contributed by atoms with Gasteiger partial charge in [0.25, 0.3) is 5.91 Å². The lowest BCUT2D eigenvalue weighted by atomic mass is 10.00. The van der Waals surface area contributed by atoms with E-state index in [9.17, 15) is 19.2 Å². The molecule has 4 heterocycles. The lowest BCUT2D eigenvalue weighted by Gasteiger charge is -2.42. The van der Waals surface area contributed by atoms with E-state index in [1.54, 1.807) is 41.8 Å². The Kier molecular flexibility index (Phi) is 11.7. The molecule has 0 aliphatic carbocycles. The van der Waals surface area contributed by atoms with Gasteiger partial charge in [-0.15, -0.1) is 0 Å². The fraction of sp³-hybridized carbons (Fsp3) is 0.559. The second-order valence-corrected chi connectivity index (χ2v) is 12.0. The van der Waals surface area contributed by atoms with Crippen molar-refractivity contribution in [2.24, 2.45) is 7.05 Å². The van der Waals surface area contributed by atoms with Crippen LogP contribution in [0.3, 0.4) is 0 Å². The second-order valence-electron chi connectivity index (χ2n) is 12.0. The van der Waals surface area contributed by atoms with Gasteiger partial charge in [0.1, 0.15) is 6.61 Å². The molecule has 0 bridgehead atoms. The van der Waals surface area contributed by atoms with Gasteiger partial charge in [0.05, 0.1) is 31.0 Å². The fourth-order valence-electron chi connectivity index (χ4n) is 6.25. The van der Waals surface area contributed by atoms with Gasteiger partial charge in [-0.2, -0.15) is 0 Å². The van der Waals surface area contributed by atoms with Crippen molar-refractivity contribution in [3.05, 3.63) is 42.4 Å². The number of hydrogen-bond donors (Lipinski definition) is 1. The van der Waals surface area contributed by atoms with Crippen LogP contribution in [-0.2, 0) is 26.1 Å². The van der Waals surface area contributed by atoms with Crippen LogP contribution in [0.15, 0.2) is 31.0 Å². The molecule has 0 radical (unpaired) electrons. The van der Waals surface area contributed by atoms with E-state index in [1.807, 2.05) is 0 Å². The third kappa shape index (κ3) is 7.81. The van der Waals surface area contributed by atoms with E-state index in [-0.39, 0.29) is 60.1 Å². The van der Waals surface area contributed by atoms with E-state index in [0.717, 1.165) is 25.7 Å². The molecule has 1 aromatic heterocycles. The number of ketones is 1. The predicted octanol–water partition coefficient (Wildman–Crippen LogP) is 4.83. The summed E-state index contributed by atoms with van der Waals surface area (Å²) in [7, 11) is 3.17. The molecule has 260 valence electrons. The molecule has 2 saturated heterocycles. The van der Waals surface area contributed by atoms with E-state index in [2.05, 4.69) is 16.9 Å². The van der Waals surface area contributed by atoms with Crippen LogP contribution in [0, 0.1) is 0 Å². The van der Waals surface area contributed by atoms with Crippen molar-refractivity contribution in [1.29, 1.82) is 0 Å². The molecular weight excluding hydrogens is 622 g/mol. The van der Waals surface area contributed by atoms with Crippen LogP contribution in [0.1, 0.15) is 85.7 Å². The number of carbonyl (C=O) groups excluding carboxylic acids is 4. The van der Waals surface area contributed by atoms with E-state index < -0.39 is 24.7 Å². The normalized spacial score (nSPS) is 20.6. The van der Waals surface area contributed by atoms with E-state index in [4.69, 9.17) is 23.7 Å². The summed E-state index contributed by atoms with van der Waals surface area (Å²) >= 11 is 0. The summed E-state index contributed by atoms with van der Waals surface area (Å²) < 4.78 is 31.3. The van der Waals surface area contributed by atoms with Crippen molar-refractivity contribution in [3.8, 4) is 11.5 Å². The first-order valence-electron chi connectivity index (χ1n) is 16.6. The molecule has 3 atom stereocenters. The van der Waals surface area contributed by atoms with Gasteiger partial charge >= 0.3 is 6.09 Å². The molecule has 48 heavy (non-hydrogen) atoms. The Morgan fingerprint density at radius 2 is 1.96 bits per heavy atom. The number of rotatable bonds is 13. The highest BCUT2D eigenvalue weighted by Gasteiger charge is 2.46. The summed E-state index contributed by atoms with van der Waals surface area (Å²) in [5.41, 5.74) is 0.526. The van der Waals surface area contributed by atoms with Crippen LogP contribution in [-0.4, -0.2) is 90.2 Å². The van der Waals surface area contributed by atoms with E-state index >= 15 is 0 Å². The number of piperidine rings is 1. The number of hydrogen-bond acceptors (Lipinski definition) is 10. The number of carbonyl (C=O) groups is 4. The average Bonchev–Trinajstić information content (AvgIpc) is 3.43. The van der Waals surface area contributed by atoms with Crippen LogP contribution < -0.4 is 19.7 Å². The Hall–Kier alpha value is -4.43. The molecule has 5 rings (SSSR count). The van der Waals surface area contributed by atoms with Crippen molar-refractivity contribution >= 4 is 35.2 Å². The first-order chi connectivity index (χ1) is 23.2. The lowest BCUT2D eigenvalue weighted by molar-refractivity contribution is -0.198. The van der Waals surface area contributed by atoms with Crippen LogP contribution in [0.2, 0.25) is 0 Å². The predicted molar refractivity (Wildman–Crippen MR) is 175 cm³/mol. The number of aromatic nitrogens is 2. The van der Waals surface area contributed by atoms with Gasteiger partial charge in [-0.3, -0.25) is 14.4 Å². The molecule has 3 unspecified atom stereocenters. The number of methoxy groups -OCH3 is 1. The topological polar surface area (TPSA) is 151 Å². The van der Waals surface area contributed by atoms with E-state index in [0.29, 0.717) is 50.4 Å². The van der Waals surface area contributed by atoms with Crippen LogP contribution in [0.4, 0.5) is 16.3 Å². The SMILES string of the molecule is C=CCOC(=O)N1c2cc(OCCCC(=O)Nc3cn(C)c(C(=O)CC)n3)c(OC)cc2C(=O)N2CCCCC2C1OC1CCCCO1. The monoisotopic (exact) mass is 667 g/mol. The maximum atomic E-state index is 14.1. The zero-order valence-electron chi connectivity index (χ0n) is 27.9. The summed E-state index contributed by atoms with van der Waals surface area (Å²) in [5.74, 6) is 0.513. The lowest BCUT2D eigenvalue weighted by Crippen LogP contribution is -2.57. The summed E-state index contributed by atoms with van der Waals surface area (Å²) in [5, 5.41) is 2.72. The van der Waals surface area contributed by atoms with Crippen LogP contribution in [0.25, 0.3) is 0 Å². The maximum absolute atomic E-state index is 14.1. The number of anilines is 2. The molecule has 1 N–H and O–H groups in total. The van der Waals surface area contributed by atoms with E-state index in [1.165, 1.54) is 18.1 Å². The minimum absolute atomic E-state index is 0.0318. The van der Waals surface area contributed by atoms with Crippen molar-refractivity contribution < 1.29 is 42.9 Å². The molecule has 2 aromatic rings. The number of imidazole rings is 1. The number of Topliss-reactive ketones (excluding diaryl/α,β-unsaturated/α-hetero) is 1. The van der Waals surface area contributed by atoms with Gasteiger partial charge in [0.2, 0.25) is 5.91 Å². The second kappa shape index (κ2) is 16.1. The number of nitrogens with zero attached hydrogens (tertiary/aromatic N) is 4. The zero-order chi connectivity index (χ0) is 34.2. The van der Waals surface area contributed by atoms with Crippen molar-refractivity contribution in [2.45, 2.75) is 83.3 Å². The molecule has 3 amide bonds. The average molecular weight is 668 g/mol. The smallest absolute Gasteiger partial charge is 0.416 e. The minimum Gasteiger partial charge on any atom is -0.493 e. The molecule has 14 nitrogen and oxygen atoms in total. The van der Waals surface area contributed by atoms with Gasteiger partial charge in [-0.1, -0.05) is 19.6 Å². The molecule has 0 spiro atoms. The number of benzene rings is 1. The summed E-state index contributed by atoms with van der Waals surface area (Å²) in [6.45, 7) is 6.58. The first-order valence-corrected chi connectivity index (χ1v) is 16.6. The number of nitrogens with one attached hydrogen (secondary N) is 1. The molecule has 2 fully saturated rings. The van der Waals surface area contributed by atoms with Gasteiger partial charge in [-0.05, 0) is 51.0 Å². The standard InChI is InChI=1S/C34H45N5O9/c1-5-16-47-34(43)39-24-20-27(45-18-11-13-29(41)35-28-21-37(3)31(36-28)25(40)6-2)26(44-4)19-22(24)32(42)38-15-9-7-12-23(38)33(39)48-30-14-8-10-17-46-30/h5,19-21,23,30,33H,1,6-18H2,2-4H3,(H,35,41). The molecule has 3 aliphatic heterocycles. The fourth-order valence-corrected chi connectivity index (χ4v) is 6.25. The minimum atomic E-state index is -0.874. The highest BCUT2D eigenvalue weighted by Crippen LogP contribution is 2.42. The summed E-state index contributed by atoms with van der Waals surface area (Å²) in [4.78, 5) is 60.0. The van der Waals surface area contributed by atoms with Crippen molar-refractivity contribution in [2.75, 3.05) is 43.7 Å². The van der Waals surface area contributed by atoms with Gasteiger partial charge in [0.15, 0.2) is 41.4 Å². The number of fused-ring (bicyclic) bond motifs is 2. The largest absolute Gasteiger partial charge is 0.493 e. The zero-order valence-corrected chi connectivity index (χ0v) is 27.9. The molecule has 0 saturated carbocycles. The Labute approximate surface area is 280 Å². The number of amides is 3. The van der Waals surface area contributed by atoms with Crippen molar-refractivity contribution in [1.82, 2.24) is 14.5 Å². The molecule has 14 heteroatoms. The first kappa shape index (κ1) is 34.9. The molecule has 1 aromatic carbocycles. The highest BCUT2D eigenvalue weighted by atomic mass is 16.7. The van der Waals surface area contributed by atoms with Gasteiger partial charge < -0.3 is 38.5 Å². The van der Waals surface area contributed by atoms with Gasteiger partial charge in [0, 0.05) is 45.3 Å². The third-order valence-electron chi connectivity index (χ3n) is 8.64. The van der Waals surface area contributed by atoms with Crippen molar-refractivity contribution in [3.63, 3.8) is 0 Å². The van der Waals surface area contributed by atoms with Crippen LogP contribution >= 0.6 is 0 Å². The summed E-state index contributed by atoms with van der Waals surface area (Å²) in [6.07, 6.45) is 6.60. The van der Waals surface area contributed by atoms with Gasteiger partial charge in [-0.25, -0.2) is 14.7 Å². The maximum Gasteiger partial charge on any atom is 0.416 e. The molecular formula is C34H45N5O9.